The maximum absolute atomic E-state index is 5.77. The van der Waals surface area contributed by atoms with E-state index in [1.807, 2.05) is 0 Å². The fourth-order valence-corrected chi connectivity index (χ4v) is 1.56. The summed E-state index contributed by atoms with van der Waals surface area (Å²) in [6.45, 7) is 7.87. The SMILES string of the molecule is CC(C)(C)OC[C@H]1CN[C@@H]2C[C@@H]2O1. The number of ether oxygens (including phenoxy) is 2. The molecule has 2 fully saturated rings. The Kier molecular flexibility index (Phi) is 2.34. The molecule has 1 heterocycles. The Bertz CT molecular complexity index is 188. The second-order valence-electron chi connectivity index (χ2n) is 4.97. The average molecular weight is 185 g/mol. The zero-order valence-electron chi connectivity index (χ0n) is 8.67. The second-order valence-corrected chi connectivity index (χ2v) is 4.97. The summed E-state index contributed by atoms with van der Waals surface area (Å²) in [5, 5.41) is 3.44. The summed E-state index contributed by atoms with van der Waals surface area (Å²) < 4.78 is 11.4. The molecule has 1 aliphatic carbocycles. The zero-order valence-corrected chi connectivity index (χ0v) is 8.67. The van der Waals surface area contributed by atoms with Crippen LogP contribution < -0.4 is 5.32 Å². The number of fused-ring (bicyclic) bond motifs is 1. The van der Waals surface area contributed by atoms with Gasteiger partial charge in [0.15, 0.2) is 0 Å². The van der Waals surface area contributed by atoms with E-state index in [0.29, 0.717) is 18.8 Å². The number of hydrogen-bond donors (Lipinski definition) is 1. The molecule has 0 unspecified atom stereocenters. The highest BCUT2D eigenvalue weighted by atomic mass is 16.6. The molecule has 3 heteroatoms. The Balaban J connectivity index is 1.70. The highest BCUT2D eigenvalue weighted by Gasteiger charge is 2.43. The molecular formula is C10H19NO2. The molecule has 0 bridgehead atoms. The first-order chi connectivity index (χ1) is 6.04. The summed E-state index contributed by atoms with van der Waals surface area (Å²) in [6.07, 6.45) is 1.91. The van der Waals surface area contributed by atoms with Gasteiger partial charge in [-0.3, -0.25) is 0 Å². The molecule has 1 saturated carbocycles. The van der Waals surface area contributed by atoms with E-state index in [0.717, 1.165) is 6.54 Å². The van der Waals surface area contributed by atoms with Gasteiger partial charge in [0.25, 0.3) is 0 Å². The minimum atomic E-state index is -0.0518. The highest BCUT2D eigenvalue weighted by Crippen LogP contribution is 2.30. The van der Waals surface area contributed by atoms with Crippen molar-refractivity contribution in [2.45, 2.75) is 51.0 Å². The lowest BCUT2D eigenvalue weighted by Crippen LogP contribution is -2.42. The standard InChI is InChI=1S/C10H19NO2/c1-10(2,3)12-6-7-5-11-8-4-9(8)13-7/h7-9,11H,4-6H2,1-3H3/t7-,8-,9+/m1/s1. The topological polar surface area (TPSA) is 30.5 Å². The van der Waals surface area contributed by atoms with Crippen LogP contribution in [-0.2, 0) is 9.47 Å². The maximum Gasteiger partial charge on any atom is 0.0937 e. The third-order valence-electron chi connectivity index (χ3n) is 2.41. The largest absolute Gasteiger partial charge is 0.373 e. The van der Waals surface area contributed by atoms with Gasteiger partial charge in [-0.1, -0.05) is 0 Å². The molecule has 0 spiro atoms. The van der Waals surface area contributed by atoms with Crippen molar-refractivity contribution < 1.29 is 9.47 Å². The second kappa shape index (κ2) is 3.23. The van der Waals surface area contributed by atoms with Crippen LogP contribution in [0, 0.1) is 0 Å². The predicted octanol–water partition coefficient (Wildman–Crippen LogP) is 0.931. The van der Waals surface area contributed by atoms with Gasteiger partial charge in [-0.05, 0) is 27.2 Å². The van der Waals surface area contributed by atoms with Crippen LogP contribution in [0.2, 0.25) is 0 Å². The van der Waals surface area contributed by atoms with Crippen molar-refractivity contribution in [1.82, 2.24) is 5.32 Å². The number of rotatable bonds is 2. The quantitative estimate of drug-likeness (QED) is 0.694. The van der Waals surface area contributed by atoms with Gasteiger partial charge in [0, 0.05) is 12.6 Å². The van der Waals surface area contributed by atoms with E-state index in [-0.39, 0.29) is 11.7 Å². The van der Waals surface area contributed by atoms with Crippen molar-refractivity contribution in [3.05, 3.63) is 0 Å². The molecular weight excluding hydrogens is 166 g/mol. The highest BCUT2D eigenvalue weighted by molar-refractivity contribution is 4.99. The third-order valence-corrected chi connectivity index (χ3v) is 2.41. The Hall–Kier alpha value is -0.120. The van der Waals surface area contributed by atoms with Crippen molar-refractivity contribution in [2.75, 3.05) is 13.2 Å². The number of morpholine rings is 1. The van der Waals surface area contributed by atoms with Gasteiger partial charge < -0.3 is 14.8 Å². The molecule has 76 valence electrons. The zero-order chi connectivity index (χ0) is 9.47. The first kappa shape index (κ1) is 9.44. The molecule has 2 aliphatic rings. The average Bonchev–Trinajstić information content (AvgIpc) is 2.76. The van der Waals surface area contributed by atoms with Gasteiger partial charge in [0.2, 0.25) is 0 Å². The number of hydrogen-bond acceptors (Lipinski definition) is 3. The molecule has 0 aromatic heterocycles. The van der Waals surface area contributed by atoms with Crippen molar-refractivity contribution in [3.63, 3.8) is 0 Å². The molecule has 0 radical (unpaired) electrons. The normalized spacial score (nSPS) is 38.5. The van der Waals surface area contributed by atoms with E-state index in [1.165, 1.54) is 6.42 Å². The molecule has 0 aromatic rings. The predicted molar refractivity (Wildman–Crippen MR) is 50.8 cm³/mol. The summed E-state index contributed by atoms with van der Waals surface area (Å²) in [4.78, 5) is 0. The van der Waals surface area contributed by atoms with Crippen LogP contribution in [-0.4, -0.2) is 37.0 Å². The smallest absolute Gasteiger partial charge is 0.0937 e. The summed E-state index contributed by atoms with van der Waals surface area (Å²) in [6, 6.07) is 0.644. The van der Waals surface area contributed by atoms with Crippen molar-refractivity contribution in [3.8, 4) is 0 Å². The lowest BCUT2D eigenvalue weighted by atomic mass is 10.2. The van der Waals surface area contributed by atoms with Gasteiger partial charge in [-0.25, -0.2) is 0 Å². The molecule has 2 rings (SSSR count). The Morgan fingerprint density at radius 2 is 2.23 bits per heavy atom. The van der Waals surface area contributed by atoms with E-state index in [4.69, 9.17) is 9.47 Å². The molecule has 0 amide bonds. The van der Waals surface area contributed by atoms with Crippen LogP contribution in [0.15, 0.2) is 0 Å². The van der Waals surface area contributed by atoms with E-state index < -0.39 is 0 Å². The summed E-state index contributed by atoms with van der Waals surface area (Å²) in [7, 11) is 0. The van der Waals surface area contributed by atoms with Gasteiger partial charge in [-0.15, -0.1) is 0 Å². The Morgan fingerprint density at radius 1 is 1.46 bits per heavy atom. The minimum absolute atomic E-state index is 0.0518. The lowest BCUT2D eigenvalue weighted by Gasteiger charge is -2.27. The number of nitrogens with one attached hydrogen (secondary N) is 1. The fourth-order valence-electron chi connectivity index (χ4n) is 1.56. The third kappa shape index (κ3) is 2.66. The summed E-state index contributed by atoms with van der Waals surface area (Å²) in [5.41, 5.74) is -0.0518. The van der Waals surface area contributed by atoms with Gasteiger partial charge in [-0.2, -0.15) is 0 Å². The summed E-state index contributed by atoms with van der Waals surface area (Å²) in [5.74, 6) is 0. The van der Waals surface area contributed by atoms with Crippen LogP contribution >= 0.6 is 0 Å². The van der Waals surface area contributed by atoms with Crippen LogP contribution in [0.5, 0.6) is 0 Å². The monoisotopic (exact) mass is 185 g/mol. The van der Waals surface area contributed by atoms with Crippen molar-refractivity contribution in [2.24, 2.45) is 0 Å². The fraction of sp³-hybridized carbons (Fsp3) is 1.00. The van der Waals surface area contributed by atoms with Crippen LogP contribution in [0.3, 0.4) is 0 Å². The summed E-state index contributed by atoms with van der Waals surface area (Å²) >= 11 is 0. The minimum Gasteiger partial charge on any atom is -0.373 e. The Morgan fingerprint density at radius 3 is 2.85 bits per heavy atom. The molecule has 1 N–H and O–H groups in total. The van der Waals surface area contributed by atoms with Gasteiger partial charge >= 0.3 is 0 Å². The van der Waals surface area contributed by atoms with E-state index >= 15 is 0 Å². The van der Waals surface area contributed by atoms with Crippen molar-refractivity contribution >= 4 is 0 Å². The van der Waals surface area contributed by atoms with Crippen LogP contribution in [0.1, 0.15) is 27.2 Å². The van der Waals surface area contributed by atoms with E-state index in [9.17, 15) is 0 Å². The van der Waals surface area contributed by atoms with Crippen LogP contribution in [0.4, 0.5) is 0 Å². The van der Waals surface area contributed by atoms with Crippen molar-refractivity contribution in [1.29, 1.82) is 0 Å². The van der Waals surface area contributed by atoms with Gasteiger partial charge in [0.1, 0.15) is 0 Å². The van der Waals surface area contributed by atoms with E-state index in [1.54, 1.807) is 0 Å². The lowest BCUT2D eigenvalue weighted by molar-refractivity contribution is -0.0856. The molecule has 3 nitrogen and oxygen atoms in total. The van der Waals surface area contributed by atoms with Crippen LogP contribution in [0.25, 0.3) is 0 Å². The molecule has 13 heavy (non-hydrogen) atoms. The van der Waals surface area contributed by atoms with Gasteiger partial charge in [0.05, 0.1) is 24.4 Å². The molecule has 1 aliphatic heterocycles. The molecule has 0 aromatic carbocycles. The maximum atomic E-state index is 5.77. The van der Waals surface area contributed by atoms with E-state index in [2.05, 4.69) is 26.1 Å². The Labute approximate surface area is 79.8 Å². The molecule has 3 atom stereocenters. The first-order valence-electron chi connectivity index (χ1n) is 5.07. The molecule has 1 saturated heterocycles. The first-order valence-corrected chi connectivity index (χ1v) is 5.07.